The number of nitrogens with zero attached hydrogens (tertiary/aromatic N) is 4. The van der Waals surface area contributed by atoms with Crippen molar-refractivity contribution >= 4 is 16.6 Å². The Bertz CT molecular complexity index is 1250. The van der Waals surface area contributed by atoms with E-state index >= 15 is 0 Å². The molecule has 6 nitrogen and oxygen atoms in total. The van der Waals surface area contributed by atoms with Crippen molar-refractivity contribution in [3.8, 4) is 17.0 Å². The molecular weight excluding hydrogens is 410 g/mol. The molecule has 0 unspecified atom stereocenters. The quantitative estimate of drug-likeness (QED) is 0.380. The number of benzene rings is 1. The van der Waals surface area contributed by atoms with Crippen LogP contribution in [-0.4, -0.2) is 51.2 Å². The molecule has 0 bridgehead atoms. The van der Waals surface area contributed by atoms with E-state index < -0.39 is 0 Å². The summed E-state index contributed by atoms with van der Waals surface area (Å²) in [6.07, 6.45) is 8.91. The number of methoxy groups -OCH3 is 1. The highest BCUT2D eigenvalue weighted by Gasteiger charge is 2.23. The maximum Gasteiger partial charge on any atom is 0.203 e. The van der Waals surface area contributed by atoms with E-state index in [2.05, 4.69) is 71.3 Å². The van der Waals surface area contributed by atoms with Crippen molar-refractivity contribution in [3.63, 3.8) is 0 Å². The van der Waals surface area contributed by atoms with Crippen LogP contribution in [0.2, 0.25) is 0 Å². The molecule has 6 heteroatoms. The number of unbranched alkanes of at least 4 members (excludes halogenated alkanes) is 1. The van der Waals surface area contributed by atoms with Gasteiger partial charge in [-0.3, -0.25) is 4.40 Å². The lowest BCUT2D eigenvalue weighted by atomic mass is 9.87. The summed E-state index contributed by atoms with van der Waals surface area (Å²) in [6, 6.07) is 9.12. The minimum atomic E-state index is 0.391. The number of aromatic nitrogens is 4. The van der Waals surface area contributed by atoms with Crippen molar-refractivity contribution in [2.45, 2.75) is 58.3 Å². The molecule has 5 rings (SSSR count). The number of aromatic amines is 1. The van der Waals surface area contributed by atoms with Crippen molar-refractivity contribution in [1.29, 1.82) is 0 Å². The van der Waals surface area contributed by atoms with Gasteiger partial charge in [-0.1, -0.05) is 33.3 Å². The van der Waals surface area contributed by atoms with Gasteiger partial charge in [0.1, 0.15) is 6.33 Å². The third-order valence-electron chi connectivity index (χ3n) is 7.19. The summed E-state index contributed by atoms with van der Waals surface area (Å²) in [5, 5.41) is 9.57. The Morgan fingerprint density at radius 1 is 1.18 bits per heavy atom. The molecule has 1 fully saturated rings. The lowest BCUT2D eigenvalue weighted by Crippen LogP contribution is -2.33. The number of pyridine rings is 1. The van der Waals surface area contributed by atoms with Gasteiger partial charge in [-0.2, -0.15) is 0 Å². The van der Waals surface area contributed by atoms with Gasteiger partial charge in [-0.25, -0.2) is 0 Å². The molecular formula is C27H35N5O. The molecule has 0 saturated carbocycles. The Labute approximate surface area is 196 Å². The smallest absolute Gasteiger partial charge is 0.203 e. The summed E-state index contributed by atoms with van der Waals surface area (Å²) in [4.78, 5) is 6.35. The zero-order valence-corrected chi connectivity index (χ0v) is 20.3. The molecule has 1 aromatic carbocycles. The first-order valence-corrected chi connectivity index (χ1v) is 12.3. The molecule has 0 aliphatic carbocycles. The minimum Gasteiger partial charge on any atom is -0.493 e. The predicted octanol–water partition coefficient (Wildman–Crippen LogP) is 5.99. The zero-order chi connectivity index (χ0) is 22.9. The van der Waals surface area contributed by atoms with Crippen LogP contribution >= 0.6 is 0 Å². The number of likely N-dealkylation sites (tertiary alicyclic amines) is 1. The van der Waals surface area contributed by atoms with Gasteiger partial charge in [0.2, 0.25) is 5.65 Å². The van der Waals surface area contributed by atoms with E-state index in [1.807, 2.05) is 4.40 Å². The van der Waals surface area contributed by atoms with Gasteiger partial charge in [-0.05, 0) is 80.1 Å². The summed E-state index contributed by atoms with van der Waals surface area (Å²) in [5.41, 5.74) is 7.01. The van der Waals surface area contributed by atoms with Gasteiger partial charge in [0, 0.05) is 22.7 Å². The van der Waals surface area contributed by atoms with Crippen LogP contribution in [0.15, 0.2) is 36.8 Å². The van der Waals surface area contributed by atoms with Crippen LogP contribution in [0.25, 0.3) is 27.8 Å². The summed E-state index contributed by atoms with van der Waals surface area (Å²) >= 11 is 0. The molecule has 33 heavy (non-hydrogen) atoms. The predicted molar refractivity (Wildman–Crippen MR) is 134 cm³/mol. The number of H-pyrrole nitrogens is 1. The van der Waals surface area contributed by atoms with E-state index in [1.165, 1.54) is 67.3 Å². The van der Waals surface area contributed by atoms with Crippen LogP contribution in [0.1, 0.15) is 69.4 Å². The zero-order valence-electron chi connectivity index (χ0n) is 20.3. The maximum absolute atomic E-state index is 5.61. The van der Waals surface area contributed by atoms with E-state index in [0.29, 0.717) is 11.8 Å². The second-order valence-corrected chi connectivity index (χ2v) is 9.70. The van der Waals surface area contributed by atoms with E-state index in [9.17, 15) is 0 Å². The van der Waals surface area contributed by atoms with Gasteiger partial charge in [0.15, 0.2) is 5.75 Å². The number of piperidine rings is 1. The first kappa shape index (κ1) is 22.0. The molecule has 1 N–H and O–H groups in total. The van der Waals surface area contributed by atoms with Crippen LogP contribution in [0, 0.1) is 0 Å². The summed E-state index contributed by atoms with van der Waals surface area (Å²) in [5.74, 6) is 1.77. The van der Waals surface area contributed by atoms with Gasteiger partial charge in [-0.15, -0.1) is 10.2 Å². The van der Waals surface area contributed by atoms with E-state index in [0.717, 1.165) is 22.7 Å². The lowest BCUT2D eigenvalue weighted by Gasteiger charge is -2.32. The number of nitrogens with one attached hydrogen (secondary N) is 1. The Morgan fingerprint density at radius 2 is 2.00 bits per heavy atom. The van der Waals surface area contributed by atoms with Crippen LogP contribution in [0.4, 0.5) is 0 Å². The Kier molecular flexibility index (Phi) is 6.11. The Morgan fingerprint density at radius 3 is 2.73 bits per heavy atom. The first-order valence-electron chi connectivity index (χ1n) is 12.3. The summed E-state index contributed by atoms with van der Waals surface area (Å²) in [6.45, 7) is 10.5. The van der Waals surface area contributed by atoms with E-state index in [4.69, 9.17) is 4.74 Å². The second-order valence-electron chi connectivity index (χ2n) is 9.70. The highest BCUT2D eigenvalue weighted by molar-refractivity contribution is 5.92. The molecule has 3 aromatic heterocycles. The van der Waals surface area contributed by atoms with Gasteiger partial charge in [0.05, 0.1) is 12.8 Å². The molecule has 0 radical (unpaired) electrons. The van der Waals surface area contributed by atoms with Crippen molar-refractivity contribution < 1.29 is 4.74 Å². The largest absolute Gasteiger partial charge is 0.493 e. The van der Waals surface area contributed by atoms with E-state index in [-0.39, 0.29) is 0 Å². The van der Waals surface area contributed by atoms with E-state index in [1.54, 1.807) is 13.4 Å². The molecule has 0 spiro atoms. The number of ether oxygens (including phenoxy) is 1. The van der Waals surface area contributed by atoms with Crippen molar-refractivity contribution in [3.05, 3.63) is 47.9 Å². The number of rotatable bonds is 7. The number of hydrogen-bond acceptors (Lipinski definition) is 4. The lowest BCUT2D eigenvalue weighted by molar-refractivity contribution is 0.210. The molecule has 0 atom stereocenters. The van der Waals surface area contributed by atoms with Crippen LogP contribution in [0.5, 0.6) is 5.75 Å². The van der Waals surface area contributed by atoms with Gasteiger partial charge >= 0.3 is 0 Å². The third-order valence-corrected chi connectivity index (χ3v) is 7.19. The molecule has 1 aliphatic heterocycles. The highest BCUT2D eigenvalue weighted by Crippen LogP contribution is 2.39. The Balaban J connectivity index is 1.51. The van der Waals surface area contributed by atoms with Crippen LogP contribution < -0.4 is 4.74 Å². The number of fused-ring (bicyclic) bond motifs is 2. The van der Waals surface area contributed by atoms with Gasteiger partial charge < -0.3 is 14.6 Å². The topological polar surface area (TPSA) is 58.5 Å². The van der Waals surface area contributed by atoms with Crippen LogP contribution in [0.3, 0.4) is 0 Å². The minimum absolute atomic E-state index is 0.391. The fraction of sp³-hybridized carbons (Fsp3) is 0.481. The SMILES string of the molecule is CCCCN1CCC(c2ccc3[nH]c(-c4cc(OC)c5nncn5c4)c(C(C)C)c3c2)CC1. The standard InChI is InChI=1S/C27H35N5O/c1-5-6-11-31-12-9-19(10-13-31)20-7-8-23-22(14-20)25(18(2)3)26(29-23)21-15-24(33-4)27-30-28-17-32(27)16-21/h7-8,14-19,29H,5-6,9-13H2,1-4H3. The van der Waals surface area contributed by atoms with Crippen LogP contribution in [-0.2, 0) is 0 Å². The normalized spacial score (nSPS) is 15.8. The molecule has 4 heterocycles. The summed E-state index contributed by atoms with van der Waals surface area (Å²) in [7, 11) is 1.68. The summed E-state index contributed by atoms with van der Waals surface area (Å²) < 4.78 is 7.54. The van der Waals surface area contributed by atoms with Gasteiger partial charge in [0.25, 0.3) is 0 Å². The molecule has 1 saturated heterocycles. The fourth-order valence-corrected chi connectivity index (χ4v) is 5.38. The molecule has 0 amide bonds. The van der Waals surface area contributed by atoms with Crippen molar-refractivity contribution in [2.75, 3.05) is 26.7 Å². The van der Waals surface area contributed by atoms with Crippen molar-refractivity contribution in [2.24, 2.45) is 0 Å². The third kappa shape index (κ3) is 4.12. The average molecular weight is 446 g/mol. The fourth-order valence-electron chi connectivity index (χ4n) is 5.38. The van der Waals surface area contributed by atoms with Crippen molar-refractivity contribution in [1.82, 2.24) is 24.5 Å². The maximum atomic E-state index is 5.61. The first-order chi connectivity index (χ1) is 16.1. The second kappa shape index (κ2) is 9.18. The molecule has 4 aromatic rings. The average Bonchev–Trinajstić information content (AvgIpc) is 3.46. The highest BCUT2D eigenvalue weighted by atomic mass is 16.5. The molecule has 174 valence electrons. The Hall–Kier alpha value is -2.86. The number of hydrogen-bond donors (Lipinski definition) is 1. The molecule has 1 aliphatic rings. The monoisotopic (exact) mass is 445 g/mol.